The van der Waals surface area contributed by atoms with E-state index in [1.807, 2.05) is 0 Å². The van der Waals surface area contributed by atoms with E-state index in [9.17, 15) is 21.2 Å². The number of aromatic nitrogens is 1. The van der Waals surface area contributed by atoms with Crippen LogP contribution in [-0.2, 0) is 24.8 Å². The first-order valence-electron chi connectivity index (χ1n) is 9.39. The number of sulfonamides is 2. The second kappa shape index (κ2) is 11.3. The number of ether oxygens (including phenoxy) is 2. The second-order valence-corrected chi connectivity index (χ2v) is 11.1. The molecule has 1 aromatic heterocycles. The Hall–Kier alpha value is -1.83. The molecule has 1 aliphatic rings. The van der Waals surface area contributed by atoms with E-state index >= 15 is 0 Å². The monoisotopic (exact) mass is 509 g/mol. The molecule has 1 aromatic carbocycles. The summed E-state index contributed by atoms with van der Waals surface area (Å²) in [5.74, 6) is -0.629. The van der Waals surface area contributed by atoms with Gasteiger partial charge in [0.1, 0.15) is 0 Å². The summed E-state index contributed by atoms with van der Waals surface area (Å²) >= 11 is 5.81. The molecular weight excluding hydrogens is 485 g/mol. The summed E-state index contributed by atoms with van der Waals surface area (Å²) in [7, 11) is -6.51. The molecule has 0 aliphatic carbocycles. The van der Waals surface area contributed by atoms with Crippen molar-refractivity contribution in [2.24, 2.45) is 11.1 Å². The summed E-state index contributed by atoms with van der Waals surface area (Å²) in [6.45, 7) is 0.963. The topological polar surface area (TPSA) is 138 Å². The van der Waals surface area contributed by atoms with Gasteiger partial charge in [0.2, 0.25) is 20.0 Å². The van der Waals surface area contributed by atoms with Gasteiger partial charge in [-0.2, -0.15) is 0 Å². The van der Waals surface area contributed by atoms with E-state index in [0.29, 0.717) is 35.9 Å². The van der Waals surface area contributed by atoms with E-state index in [0.717, 1.165) is 12.5 Å². The average Bonchev–Trinajstić information content (AvgIpc) is 2.66. The molecule has 2 heterocycles. The molecule has 0 saturated carbocycles. The van der Waals surface area contributed by atoms with Gasteiger partial charge in [0.25, 0.3) is 0 Å². The minimum atomic E-state index is -3.34. The van der Waals surface area contributed by atoms with Crippen molar-refractivity contribution >= 4 is 31.6 Å². The van der Waals surface area contributed by atoms with Crippen molar-refractivity contribution in [3.05, 3.63) is 47.4 Å². The number of rotatable bonds is 6. The lowest BCUT2D eigenvalue weighted by Gasteiger charge is -2.31. The van der Waals surface area contributed by atoms with E-state index in [1.165, 1.54) is 18.3 Å². The van der Waals surface area contributed by atoms with Crippen molar-refractivity contribution in [3.8, 4) is 17.0 Å². The normalized spacial score (nSPS) is 19.0. The Morgan fingerprint density at radius 2 is 1.94 bits per heavy atom. The van der Waals surface area contributed by atoms with Crippen molar-refractivity contribution in [3.63, 3.8) is 0 Å². The highest BCUT2D eigenvalue weighted by molar-refractivity contribution is 7.88. The number of halogens is 2. The molecule has 13 heteroatoms. The minimum absolute atomic E-state index is 0.0939. The Kier molecular flexibility index (Phi) is 9.37. The molecular formula is C19H25ClFN3O6S2. The summed E-state index contributed by atoms with van der Waals surface area (Å²) in [5, 5.41) is 4.83. The molecule has 3 rings (SSSR count). The molecule has 0 bridgehead atoms. The number of benzene rings is 1. The fraction of sp³-hybridized carbons (Fsp3) is 0.421. The zero-order valence-corrected chi connectivity index (χ0v) is 19.9. The van der Waals surface area contributed by atoms with Gasteiger partial charge in [-0.1, -0.05) is 11.6 Å². The number of pyridine rings is 1. The first-order valence-corrected chi connectivity index (χ1v) is 13.6. The van der Waals surface area contributed by atoms with Gasteiger partial charge < -0.3 is 9.47 Å². The molecule has 1 fully saturated rings. The molecule has 2 atom stereocenters. The molecule has 2 unspecified atom stereocenters. The van der Waals surface area contributed by atoms with Gasteiger partial charge in [-0.25, -0.2) is 31.1 Å². The Morgan fingerprint density at radius 1 is 1.25 bits per heavy atom. The molecule has 0 amide bonds. The molecule has 9 nitrogen and oxygen atoms in total. The minimum Gasteiger partial charge on any atom is -0.490 e. The summed E-state index contributed by atoms with van der Waals surface area (Å²) in [6, 6.07) is 7.68. The second-order valence-electron chi connectivity index (χ2n) is 7.27. The number of hydrogen-bond donors (Lipinski definition) is 2. The van der Waals surface area contributed by atoms with E-state index in [1.54, 1.807) is 18.2 Å². The van der Waals surface area contributed by atoms with Crippen LogP contribution in [0, 0.1) is 11.7 Å². The zero-order valence-electron chi connectivity index (χ0n) is 17.5. The lowest BCUT2D eigenvalue weighted by atomic mass is 9.98. The summed E-state index contributed by atoms with van der Waals surface area (Å²) in [5.41, 5.74) is 1.21. The van der Waals surface area contributed by atoms with Crippen molar-refractivity contribution in [1.29, 1.82) is 0 Å². The van der Waals surface area contributed by atoms with Crippen LogP contribution >= 0.6 is 11.6 Å². The summed E-state index contributed by atoms with van der Waals surface area (Å²) in [6.07, 6.45) is 4.10. The quantitative estimate of drug-likeness (QED) is 0.605. The third kappa shape index (κ3) is 9.76. The Bertz CT molecular complexity index is 1110. The van der Waals surface area contributed by atoms with Gasteiger partial charge in [0, 0.05) is 30.3 Å². The maximum atomic E-state index is 14.4. The Morgan fingerprint density at radius 3 is 2.50 bits per heavy atom. The lowest BCUT2D eigenvalue weighted by Crippen LogP contribution is -2.47. The van der Waals surface area contributed by atoms with Crippen LogP contribution in [0.4, 0.5) is 4.39 Å². The molecule has 1 aliphatic heterocycles. The van der Waals surface area contributed by atoms with E-state index in [2.05, 4.69) is 14.8 Å². The van der Waals surface area contributed by atoms with Gasteiger partial charge >= 0.3 is 0 Å². The lowest BCUT2D eigenvalue weighted by molar-refractivity contribution is 0.0181. The van der Waals surface area contributed by atoms with Crippen molar-refractivity contribution in [2.75, 3.05) is 32.3 Å². The van der Waals surface area contributed by atoms with E-state index in [4.69, 9.17) is 21.1 Å². The smallest absolute Gasteiger partial charge is 0.208 e. The molecule has 2 aromatic rings. The number of nitrogens with one attached hydrogen (secondary N) is 1. The standard InChI is InChI=1S/C18H20ClFN2O4S.CH5NO2S/c1-27(23,24)22-17-6-7-25-10-13(17)11-26-18-5-2-12(8-15(18)20)16-4-3-14(19)9-21-16;1-5(2,3)4/h2-5,8-9,13,17,22H,6-7,10-11H2,1H3;1H3,(H2,2,3,4). The van der Waals surface area contributed by atoms with Gasteiger partial charge in [-0.15, -0.1) is 0 Å². The highest BCUT2D eigenvalue weighted by atomic mass is 35.5. The first-order chi connectivity index (χ1) is 14.8. The third-order valence-electron chi connectivity index (χ3n) is 4.25. The fourth-order valence-corrected chi connectivity index (χ4v) is 3.88. The van der Waals surface area contributed by atoms with Crippen molar-refractivity contribution in [2.45, 2.75) is 12.5 Å². The zero-order chi connectivity index (χ0) is 23.9. The SMILES string of the molecule is CS(=O)(=O)NC1CCOCC1COc1ccc(-c2ccc(Cl)cn2)cc1F.CS(N)(=O)=O. The van der Waals surface area contributed by atoms with Crippen molar-refractivity contribution < 1.29 is 30.7 Å². The fourth-order valence-electron chi connectivity index (χ4n) is 2.91. The third-order valence-corrected chi connectivity index (χ3v) is 5.20. The van der Waals surface area contributed by atoms with Gasteiger partial charge in [-0.3, -0.25) is 4.98 Å². The molecule has 1 saturated heterocycles. The van der Waals surface area contributed by atoms with Crippen LogP contribution in [0.25, 0.3) is 11.3 Å². The van der Waals surface area contributed by atoms with Gasteiger partial charge in [0.05, 0.1) is 36.4 Å². The van der Waals surface area contributed by atoms with E-state index < -0.39 is 25.9 Å². The van der Waals surface area contributed by atoms with Gasteiger partial charge in [-0.05, 0) is 36.8 Å². The van der Waals surface area contributed by atoms with Crippen LogP contribution in [0.15, 0.2) is 36.5 Å². The highest BCUT2D eigenvalue weighted by Gasteiger charge is 2.29. The van der Waals surface area contributed by atoms with Crippen LogP contribution in [0.2, 0.25) is 5.02 Å². The van der Waals surface area contributed by atoms with Gasteiger partial charge in [0.15, 0.2) is 11.6 Å². The molecule has 178 valence electrons. The number of nitrogens with zero attached hydrogens (tertiary/aromatic N) is 1. The van der Waals surface area contributed by atoms with Crippen LogP contribution in [0.5, 0.6) is 5.75 Å². The molecule has 0 radical (unpaired) electrons. The molecule has 3 N–H and O–H groups in total. The predicted octanol–water partition coefficient (Wildman–Crippen LogP) is 1.78. The predicted molar refractivity (Wildman–Crippen MR) is 120 cm³/mol. The molecule has 0 spiro atoms. The van der Waals surface area contributed by atoms with Crippen LogP contribution in [0.3, 0.4) is 0 Å². The maximum Gasteiger partial charge on any atom is 0.208 e. The maximum absolute atomic E-state index is 14.4. The van der Waals surface area contributed by atoms with E-state index in [-0.39, 0.29) is 24.3 Å². The van der Waals surface area contributed by atoms with Crippen molar-refractivity contribution in [1.82, 2.24) is 9.71 Å². The summed E-state index contributed by atoms with van der Waals surface area (Å²) < 4.78 is 69.8. The van der Waals surface area contributed by atoms with Crippen LogP contribution in [0.1, 0.15) is 6.42 Å². The van der Waals surface area contributed by atoms with Crippen LogP contribution in [-0.4, -0.2) is 60.2 Å². The molecule has 32 heavy (non-hydrogen) atoms. The number of nitrogens with two attached hydrogens (primary N) is 1. The Balaban J connectivity index is 0.000000654. The average molecular weight is 510 g/mol. The first kappa shape index (κ1) is 26.4. The number of primary sulfonamides is 1. The number of hydrogen-bond acceptors (Lipinski definition) is 7. The van der Waals surface area contributed by atoms with Crippen LogP contribution < -0.4 is 14.6 Å². The Labute approximate surface area is 192 Å². The largest absolute Gasteiger partial charge is 0.490 e. The summed E-state index contributed by atoms with van der Waals surface area (Å²) in [4.78, 5) is 4.16. The highest BCUT2D eigenvalue weighted by Crippen LogP contribution is 2.26.